The first-order chi connectivity index (χ1) is 9.66. The van der Waals surface area contributed by atoms with Gasteiger partial charge >= 0.3 is 0 Å². The van der Waals surface area contributed by atoms with Crippen LogP contribution in [0.5, 0.6) is 0 Å². The van der Waals surface area contributed by atoms with Crippen LogP contribution in [0.4, 0.5) is 5.82 Å². The number of hydrogen-bond donors (Lipinski definition) is 1. The molecule has 2 heterocycles. The largest absolute Gasteiger partial charge is 0.383 e. The Labute approximate surface area is 120 Å². The number of rotatable bonds is 2. The first kappa shape index (κ1) is 13.2. The Morgan fingerprint density at radius 1 is 1.15 bits per heavy atom. The van der Waals surface area contributed by atoms with Gasteiger partial charge in [-0.2, -0.15) is 5.10 Å². The van der Waals surface area contributed by atoms with Crippen molar-refractivity contribution in [2.45, 2.75) is 25.8 Å². The molecule has 1 aromatic carbocycles. The number of benzene rings is 1. The summed E-state index contributed by atoms with van der Waals surface area (Å²) in [6, 6.07) is 10.7. The smallest absolute Gasteiger partial charge is 0.130 e. The number of hydrogen-bond acceptors (Lipinski definition) is 3. The summed E-state index contributed by atoms with van der Waals surface area (Å²) < 4.78 is 2.05. The average Bonchev–Trinajstić information content (AvgIpc) is 2.76. The van der Waals surface area contributed by atoms with E-state index in [0.717, 1.165) is 48.6 Å². The summed E-state index contributed by atoms with van der Waals surface area (Å²) in [6.07, 6.45) is 2.24. The van der Waals surface area contributed by atoms with Crippen molar-refractivity contribution in [2.24, 2.45) is 0 Å². The molecular weight excluding hydrogens is 248 g/mol. The zero-order valence-electron chi connectivity index (χ0n) is 12.2. The van der Waals surface area contributed by atoms with Crippen LogP contribution in [-0.2, 0) is 0 Å². The molecule has 106 valence electrons. The summed E-state index contributed by atoms with van der Waals surface area (Å²) in [7, 11) is 2.17. The zero-order valence-corrected chi connectivity index (χ0v) is 12.2. The lowest BCUT2D eigenvalue weighted by Crippen LogP contribution is -2.32. The summed E-state index contributed by atoms with van der Waals surface area (Å²) in [4.78, 5) is 2.36. The van der Waals surface area contributed by atoms with Crippen LogP contribution in [-0.4, -0.2) is 34.8 Å². The Bertz CT molecular complexity index is 580. The molecule has 0 radical (unpaired) electrons. The van der Waals surface area contributed by atoms with Crippen molar-refractivity contribution in [2.75, 3.05) is 25.9 Å². The third-order valence-electron chi connectivity index (χ3n) is 4.22. The Morgan fingerprint density at radius 3 is 2.45 bits per heavy atom. The number of piperidine rings is 1. The van der Waals surface area contributed by atoms with E-state index in [9.17, 15) is 0 Å². The molecule has 0 amide bonds. The van der Waals surface area contributed by atoms with E-state index in [1.54, 1.807) is 0 Å². The van der Waals surface area contributed by atoms with Crippen molar-refractivity contribution in [1.82, 2.24) is 14.7 Å². The topological polar surface area (TPSA) is 47.1 Å². The molecule has 20 heavy (non-hydrogen) atoms. The molecule has 2 N–H and O–H groups in total. The minimum absolute atomic E-state index is 0.433. The third kappa shape index (κ3) is 2.31. The lowest BCUT2D eigenvalue weighted by molar-refractivity contribution is 0.213. The molecule has 0 atom stereocenters. The number of nitrogens with two attached hydrogens (primary N) is 1. The third-order valence-corrected chi connectivity index (χ3v) is 4.22. The maximum atomic E-state index is 6.39. The summed E-state index contributed by atoms with van der Waals surface area (Å²) in [5.74, 6) is 0.809. The van der Waals surface area contributed by atoms with Gasteiger partial charge in [-0.25, -0.2) is 4.68 Å². The van der Waals surface area contributed by atoms with E-state index < -0.39 is 0 Å². The second kappa shape index (κ2) is 5.29. The zero-order chi connectivity index (χ0) is 14.1. The van der Waals surface area contributed by atoms with E-state index in [0.29, 0.717) is 6.04 Å². The molecule has 2 aromatic rings. The van der Waals surface area contributed by atoms with Gasteiger partial charge in [0.2, 0.25) is 0 Å². The second-order valence-electron chi connectivity index (χ2n) is 5.69. The van der Waals surface area contributed by atoms with Crippen LogP contribution in [0, 0.1) is 6.92 Å². The normalized spacial score (nSPS) is 17.5. The number of aryl methyl sites for hydroxylation is 1. The molecule has 1 aliphatic heterocycles. The Hall–Kier alpha value is -1.81. The summed E-state index contributed by atoms with van der Waals surface area (Å²) in [6.45, 7) is 4.28. The molecule has 0 spiro atoms. The van der Waals surface area contributed by atoms with Crippen molar-refractivity contribution in [3.8, 4) is 11.1 Å². The first-order valence-electron chi connectivity index (χ1n) is 7.25. The second-order valence-corrected chi connectivity index (χ2v) is 5.69. The van der Waals surface area contributed by atoms with Crippen molar-refractivity contribution in [1.29, 1.82) is 0 Å². The van der Waals surface area contributed by atoms with Gasteiger partial charge in [-0.05, 0) is 45.5 Å². The number of likely N-dealkylation sites (tertiary alicyclic amines) is 1. The fourth-order valence-corrected chi connectivity index (χ4v) is 3.04. The van der Waals surface area contributed by atoms with Crippen LogP contribution in [0.1, 0.15) is 24.6 Å². The highest BCUT2D eigenvalue weighted by molar-refractivity contribution is 5.76. The lowest BCUT2D eigenvalue weighted by atomic mass is 10.0. The molecule has 0 saturated carbocycles. The molecule has 1 saturated heterocycles. The van der Waals surface area contributed by atoms with Crippen LogP contribution >= 0.6 is 0 Å². The molecule has 3 rings (SSSR count). The highest BCUT2D eigenvalue weighted by Crippen LogP contribution is 2.33. The first-order valence-corrected chi connectivity index (χ1v) is 7.25. The van der Waals surface area contributed by atoms with Crippen LogP contribution < -0.4 is 5.73 Å². The van der Waals surface area contributed by atoms with Crippen LogP contribution in [0.3, 0.4) is 0 Å². The number of aromatic nitrogens is 2. The van der Waals surface area contributed by atoms with Crippen molar-refractivity contribution in [3.05, 3.63) is 36.0 Å². The summed E-state index contributed by atoms with van der Waals surface area (Å²) in [5.41, 5.74) is 9.65. The minimum atomic E-state index is 0.433. The van der Waals surface area contributed by atoms with Gasteiger partial charge in [-0.15, -0.1) is 0 Å². The van der Waals surface area contributed by atoms with Crippen LogP contribution in [0.2, 0.25) is 0 Å². The standard InChI is InChI=1S/C16H22N4/c1-12-15(13-6-4-3-5-7-13)16(17)20(18-12)14-8-10-19(2)11-9-14/h3-7,14H,8-11,17H2,1-2H3. The maximum Gasteiger partial charge on any atom is 0.130 e. The van der Waals surface area contributed by atoms with Crippen molar-refractivity contribution >= 4 is 5.82 Å². The number of nitrogens with zero attached hydrogens (tertiary/aromatic N) is 3. The van der Waals surface area contributed by atoms with Gasteiger partial charge in [0.05, 0.1) is 11.7 Å². The fourth-order valence-electron chi connectivity index (χ4n) is 3.04. The SMILES string of the molecule is Cc1nn(C2CCN(C)CC2)c(N)c1-c1ccccc1. The van der Waals surface area contributed by atoms with Gasteiger partial charge in [0, 0.05) is 5.56 Å². The van der Waals surface area contributed by atoms with E-state index in [-0.39, 0.29) is 0 Å². The molecule has 0 unspecified atom stereocenters. The highest BCUT2D eigenvalue weighted by Gasteiger charge is 2.23. The maximum absolute atomic E-state index is 6.39. The predicted octanol–water partition coefficient (Wildman–Crippen LogP) is 2.71. The summed E-state index contributed by atoms with van der Waals surface area (Å²) in [5, 5.41) is 4.71. The Balaban J connectivity index is 1.95. The van der Waals surface area contributed by atoms with Crippen LogP contribution in [0.25, 0.3) is 11.1 Å². The molecule has 1 fully saturated rings. The van der Waals surface area contributed by atoms with Crippen LogP contribution in [0.15, 0.2) is 30.3 Å². The van der Waals surface area contributed by atoms with Gasteiger partial charge in [-0.1, -0.05) is 30.3 Å². The monoisotopic (exact) mass is 270 g/mol. The fraction of sp³-hybridized carbons (Fsp3) is 0.438. The van der Waals surface area contributed by atoms with Crippen molar-refractivity contribution in [3.63, 3.8) is 0 Å². The summed E-state index contributed by atoms with van der Waals surface area (Å²) >= 11 is 0. The quantitative estimate of drug-likeness (QED) is 0.912. The Kier molecular flexibility index (Phi) is 3.49. The average molecular weight is 270 g/mol. The van der Waals surface area contributed by atoms with E-state index in [1.165, 1.54) is 0 Å². The molecule has 0 aliphatic carbocycles. The molecule has 1 aliphatic rings. The number of anilines is 1. The van der Waals surface area contributed by atoms with Gasteiger partial charge in [-0.3, -0.25) is 0 Å². The minimum Gasteiger partial charge on any atom is -0.383 e. The lowest BCUT2D eigenvalue weighted by Gasteiger charge is -2.29. The van der Waals surface area contributed by atoms with Gasteiger partial charge < -0.3 is 10.6 Å². The van der Waals surface area contributed by atoms with E-state index >= 15 is 0 Å². The molecular formula is C16H22N4. The predicted molar refractivity (Wildman–Crippen MR) is 82.6 cm³/mol. The van der Waals surface area contributed by atoms with Gasteiger partial charge in [0.15, 0.2) is 0 Å². The van der Waals surface area contributed by atoms with E-state index in [2.05, 4.69) is 24.1 Å². The molecule has 4 nitrogen and oxygen atoms in total. The Morgan fingerprint density at radius 2 is 1.80 bits per heavy atom. The van der Waals surface area contributed by atoms with Crippen molar-refractivity contribution < 1.29 is 0 Å². The molecule has 0 bridgehead atoms. The molecule has 1 aromatic heterocycles. The van der Waals surface area contributed by atoms with Gasteiger partial charge in [0.1, 0.15) is 5.82 Å². The highest BCUT2D eigenvalue weighted by atomic mass is 15.3. The van der Waals surface area contributed by atoms with E-state index in [1.807, 2.05) is 29.8 Å². The number of nitrogen functional groups attached to an aromatic ring is 1. The van der Waals surface area contributed by atoms with E-state index in [4.69, 9.17) is 10.8 Å². The van der Waals surface area contributed by atoms with Gasteiger partial charge in [0.25, 0.3) is 0 Å². The molecule has 4 heteroatoms.